The molecule has 0 aromatic heterocycles. The number of anilines is 1. The molecule has 18 heavy (non-hydrogen) atoms. The fourth-order valence-electron chi connectivity index (χ4n) is 1.63. The topological polar surface area (TPSA) is 92.4 Å². The fraction of sp³-hybridized carbons (Fsp3) is 0.500. The molecule has 0 aliphatic rings. The third-order valence-corrected chi connectivity index (χ3v) is 3.52. The molecule has 0 saturated carbocycles. The quantitative estimate of drug-likeness (QED) is 0.398. The van der Waals surface area contributed by atoms with Crippen LogP contribution in [0, 0.1) is 0 Å². The zero-order chi connectivity index (χ0) is 13.6. The zero-order valence-corrected chi connectivity index (χ0v) is 11.3. The van der Waals surface area contributed by atoms with E-state index in [1.54, 1.807) is 0 Å². The summed E-state index contributed by atoms with van der Waals surface area (Å²) in [6, 6.07) is 7.82. The number of hydrogen-bond acceptors (Lipinski definition) is 4. The van der Waals surface area contributed by atoms with Crippen LogP contribution in [-0.4, -0.2) is 25.3 Å². The Morgan fingerprint density at radius 1 is 1.28 bits per heavy atom. The van der Waals surface area contributed by atoms with E-state index in [0.717, 1.165) is 11.3 Å². The summed E-state index contributed by atoms with van der Waals surface area (Å²) >= 11 is 0. The van der Waals surface area contributed by atoms with E-state index in [-0.39, 0.29) is 11.8 Å². The number of rotatable bonds is 7. The smallest absolute Gasteiger partial charge is 0.264 e. The average molecular weight is 272 g/mol. The molecular weight excluding hydrogens is 252 g/mol. The minimum atomic E-state index is -3.82. The third-order valence-electron chi connectivity index (χ3n) is 2.72. The van der Waals surface area contributed by atoms with Crippen LogP contribution in [0.2, 0.25) is 0 Å². The van der Waals surface area contributed by atoms with Crippen molar-refractivity contribution in [1.82, 2.24) is 5.32 Å². The Labute approximate surface area is 108 Å². The van der Waals surface area contributed by atoms with Gasteiger partial charge in [-0.15, -0.1) is 0 Å². The van der Waals surface area contributed by atoms with Crippen molar-refractivity contribution in [3.63, 3.8) is 0 Å². The van der Waals surface area contributed by atoms with Crippen LogP contribution in [0.5, 0.6) is 0 Å². The van der Waals surface area contributed by atoms with Crippen LogP contribution >= 0.6 is 0 Å². The first-order valence-corrected chi connectivity index (χ1v) is 7.53. The molecule has 0 spiro atoms. The Morgan fingerprint density at radius 3 is 2.44 bits per heavy atom. The molecule has 1 aromatic rings. The number of nitrogen functional groups attached to an aromatic ring is 1. The summed E-state index contributed by atoms with van der Waals surface area (Å²) in [5, 5.41) is 3.29. The van der Waals surface area contributed by atoms with Crippen LogP contribution in [0.25, 0.3) is 0 Å². The van der Waals surface area contributed by atoms with Crippen molar-refractivity contribution in [2.45, 2.75) is 25.8 Å². The van der Waals surface area contributed by atoms with Gasteiger partial charge in [-0.2, -0.15) is 8.42 Å². The summed E-state index contributed by atoms with van der Waals surface area (Å²) in [6.07, 6.45) is 1.17. The molecule has 1 rings (SSSR count). The van der Waals surface area contributed by atoms with Gasteiger partial charge in [0.25, 0.3) is 10.1 Å². The maximum absolute atomic E-state index is 10.5. The number of benzene rings is 1. The summed E-state index contributed by atoms with van der Waals surface area (Å²) in [5.74, 6) is -0.176. The molecule has 0 radical (unpaired) electrons. The predicted molar refractivity (Wildman–Crippen MR) is 72.9 cm³/mol. The highest BCUT2D eigenvalue weighted by atomic mass is 32.2. The van der Waals surface area contributed by atoms with E-state index < -0.39 is 10.1 Å². The molecule has 4 N–H and O–H groups in total. The van der Waals surface area contributed by atoms with Gasteiger partial charge in [-0.1, -0.05) is 12.1 Å². The van der Waals surface area contributed by atoms with Gasteiger partial charge in [0.2, 0.25) is 0 Å². The highest BCUT2D eigenvalue weighted by Crippen LogP contribution is 2.14. The molecule has 1 aromatic carbocycles. The van der Waals surface area contributed by atoms with E-state index in [1.165, 1.54) is 0 Å². The molecule has 6 heteroatoms. The first kappa shape index (κ1) is 14.9. The summed E-state index contributed by atoms with van der Waals surface area (Å²) < 4.78 is 29.6. The summed E-state index contributed by atoms with van der Waals surface area (Å²) in [4.78, 5) is 0. The lowest BCUT2D eigenvalue weighted by Gasteiger charge is -2.14. The van der Waals surface area contributed by atoms with Crippen LogP contribution < -0.4 is 11.1 Å². The zero-order valence-electron chi connectivity index (χ0n) is 10.5. The second kappa shape index (κ2) is 6.72. The van der Waals surface area contributed by atoms with Crippen molar-refractivity contribution in [3.05, 3.63) is 29.8 Å². The summed E-state index contributed by atoms with van der Waals surface area (Å²) in [7, 11) is -3.82. The summed E-state index contributed by atoms with van der Waals surface area (Å²) in [5.41, 5.74) is 7.48. The van der Waals surface area contributed by atoms with E-state index in [2.05, 4.69) is 5.32 Å². The summed E-state index contributed by atoms with van der Waals surface area (Å²) in [6.45, 7) is 2.75. The third kappa shape index (κ3) is 6.00. The Hall–Kier alpha value is -1.11. The number of nitrogens with two attached hydrogens (primary N) is 1. The molecule has 0 fully saturated rings. The lowest BCUT2D eigenvalue weighted by Crippen LogP contribution is -2.20. The maximum atomic E-state index is 10.5. The van der Waals surface area contributed by atoms with Crippen LogP contribution in [0.1, 0.15) is 31.4 Å². The van der Waals surface area contributed by atoms with Gasteiger partial charge in [0.05, 0.1) is 5.75 Å². The number of unbranched alkanes of at least 4 members (excludes halogenated alkanes) is 1. The van der Waals surface area contributed by atoms with E-state index in [1.807, 2.05) is 31.2 Å². The lowest BCUT2D eigenvalue weighted by atomic mass is 10.1. The monoisotopic (exact) mass is 272 g/mol. The standard InChI is InChI=1S/C12H20N2O3S/c1-10(11-4-6-12(13)7-5-11)14-8-2-3-9-18(15,16)17/h4-7,10,14H,2-3,8-9,13H2,1H3,(H,15,16,17). The first-order valence-electron chi connectivity index (χ1n) is 5.92. The Balaban J connectivity index is 2.25. The van der Waals surface area contributed by atoms with Crippen molar-refractivity contribution in [2.75, 3.05) is 18.0 Å². The van der Waals surface area contributed by atoms with Crippen molar-refractivity contribution >= 4 is 15.8 Å². The fourth-order valence-corrected chi connectivity index (χ4v) is 2.20. The van der Waals surface area contributed by atoms with E-state index >= 15 is 0 Å². The van der Waals surface area contributed by atoms with Gasteiger partial charge >= 0.3 is 0 Å². The van der Waals surface area contributed by atoms with Crippen LogP contribution in [-0.2, 0) is 10.1 Å². The Morgan fingerprint density at radius 2 is 1.89 bits per heavy atom. The molecule has 5 nitrogen and oxygen atoms in total. The normalized spacial score (nSPS) is 13.4. The van der Waals surface area contributed by atoms with E-state index in [4.69, 9.17) is 10.3 Å². The van der Waals surface area contributed by atoms with E-state index in [9.17, 15) is 8.42 Å². The minimum absolute atomic E-state index is 0.176. The van der Waals surface area contributed by atoms with Gasteiger partial charge < -0.3 is 11.1 Å². The van der Waals surface area contributed by atoms with Crippen molar-refractivity contribution < 1.29 is 13.0 Å². The lowest BCUT2D eigenvalue weighted by molar-refractivity contribution is 0.478. The van der Waals surface area contributed by atoms with Crippen LogP contribution in [0.3, 0.4) is 0 Å². The largest absolute Gasteiger partial charge is 0.399 e. The maximum Gasteiger partial charge on any atom is 0.264 e. The molecule has 0 bridgehead atoms. The predicted octanol–water partition coefficient (Wildman–Crippen LogP) is 1.59. The van der Waals surface area contributed by atoms with Gasteiger partial charge in [0.1, 0.15) is 0 Å². The van der Waals surface area contributed by atoms with Gasteiger partial charge in [-0.25, -0.2) is 0 Å². The SMILES string of the molecule is CC(NCCCCS(=O)(=O)O)c1ccc(N)cc1. The average Bonchev–Trinajstić information content (AvgIpc) is 2.27. The molecular formula is C12H20N2O3S. The Bertz CT molecular complexity index is 457. The first-order chi connectivity index (χ1) is 8.38. The molecule has 0 aliphatic carbocycles. The molecule has 1 atom stereocenters. The van der Waals surface area contributed by atoms with E-state index in [0.29, 0.717) is 19.4 Å². The Kier molecular flexibility index (Phi) is 5.58. The van der Waals surface area contributed by atoms with Crippen molar-refractivity contribution in [1.29, 1.82) is 0 Å². The van der Waals surface area contributed by atoms with Crippen LogP contribution in [0.15, 0.2) is 24.3 Å². The molecule has 102 valence electrons. The molecule has 0 saturated heterocycles. The second-order valence-electron chi connectivity index (χ2n) is 4.34. The van der Waals surface area contributed by atoms with Gasteiger partial charge in [0, 0.05) is 11.7 Å². The molecule has 0 aliphatic heterocycles. The highest BCUT2D eigenvalue weighted by molar-refractivity contribution is 7.85. The van der Waals surface area contributed by atoms with Crippen molar-refractivity contribution in [3.8, 4) is 0 Å². The van der Waals surface area contributed by atoms with Gasteiger partial charge in [0.15, 0.2) is 0 Å². The number of hydrogen-bond donors (Lipinski definition) is 3. The molecule has 0 amide bonds. The highest BCUT2D eigenvalue weighted by Gasteiger charge is 2.05. The van der Waals surface area contributed by atoms with Gasteiger partial charge in [-0.05, 0) is 44.0 Å². The minimum Gasteiger partial charge on any atom is -0.399 e. The van der Waals surface area contributed by atoms with Gasteiger partial charge in [-0.3, -0.25) is 4.55 Å². The van der Waals surface area contributed by atoms with Crippen LogP contribution in [0.4, 0.5) is 5.69 Å². The molecule has 0 heterocycles. The number of nitrogens with one attached hydrogen (secondary N) is 1. The van der Waals surface area contributed by atoms with Crippen molar-refractivity contribution in [2.24, 2.45) is 0 Å². The second-order valence-corrected chi connectivity index (χ2v) is 5.91. The molecule has 1 unspecified atom stereocenters.